The summed E-state index contributed by atoms with van der Waals surface area (Å²) >= 11 is 3.36. The first-order chi connectivity index (χ1) is 8.74. The fraction of sp³-hybridized carbons (Fsp3) is 0.0833. The number of aromatic nitrogens is 2. The summed E-state index contributed by atoms with van der Waals surface area (Å²) in [7, 11) is 1.58. The average molecular weight is 306 g/mol. The fourth-order valence-corrected chi connectivity index (χ4v) is 1.71. The molecule has 2 aromatic rings. The number of nitriles is 1. The topological polar surface area (TPSA) is 68.0 Å². The Labute approximate surface area is 112 Å². The number of ether oxygens (including phenoxy) is 2. The van der Waals surface area contributed by atoms with Crippen LogP contribution in [0.25, 0.3) is 0 Å². The summed E-state index contributed by atoms with van der Waals surface area (Å²) in [6.07, 6.45) is 2.90. The van der Waals surface area contributed by atoms with Crippen molar-refractivity contribution >= 4 is 15.9 Å². The van der Waals surface area contributed by atoms with Gasteiger partial charge in [0.05, 0.1) is 11.6 Å². The third-order valence-electron chi connectivity index (χ3n) is 2.12. The normalized spacial score (nSPS) is 9.61. The Morgan fingerprint density at radius 1 is 1.28 bits per heavy atom. The van der Waals surface area contributed by atoms with Crippen molar-refractivity contribution < 1.29 is 9.47 Å². The minimum Gasteiger partial charge on any atom is -0.497 e. The van der Waals surface area contributed by atoms with Gasteiger partial charge in [-0.1, -0.05) is 0 Å². The molecule has 2 rings (SSSR count). The van der Waals surface area contributed by atoms with Crippen LogP contribution in [-0.4, -0.2) is 17.1 Å². The van der Waals surface area contributed by atoms with Crippen molar-refractivity contribution in [3.05, 3.63) is 40.8 Å². The Balaban J connectivity index is 2.32. The number of hydrogen-bond acceptors (Lipinski definition) is 5. The van der Waals surface area contributed by atoms with Crippen LogP contribution in [0.1, 0.15) is 5.69 Å². The molecule has 0 aliphatic carbocycles. The van der Waals surface area contributed by atoms with Crippen LogP contribution in [0.3, 0.4) is 0 Å². The summed E-state index contributed by atoms with van der Waals surface area (Å²) < 4.78 is 11.3. The van der Waals surface area contributed by atoms with E-state index in [2.05, 4.69) is 25.9 Å². The molecule has 0 unspecified atom stereocenters. The Morgan fingerprint density at radius 3 is 2.72 bits per heavy atom. The number of halogens is 1. The highest BCUT2D eigenvalue weighted by Crippen LogP contribution is 2.32. The molecule has 1 aromatic heterocycles. The summed E-state index contributed by atoms with van der Waals surface area (Å²) in [5.41, 5.74) is 0.139. The minimum atomic E-state index is 0.139. The van der Waals surface area contributed by atoms with Crippen LogP contribution < -0.4 is 9.47 Å². The Bertz CT molecular complexity index is 611. The van der Waals surface area contributed by atoms with E-state index in [1.54, 1.807) is 25.3 Å². The third kappa shape index (κ3) is 2.57. The maximum absolute atomic E-state index is 8.88. The quantitative estimate of drug-likeness (QED) is 0.872. The minimum absolute atomic E-state index is 0.139. The standard InChI is InChI=1S/C12H8BrN3O2/c1-17-8-2-3-11(9(13)6-8)18-12-10(7-14)15-4-5-16-12/h2-6H,1H3. The first-order valence-electron chi connectivity index (χ1n) is 4.97. The zero-order valence-corrected chi connectivity index (χ0v) is 11.0. The van der Waals surface area contributed by atoms with Crippen molar-refractivity contribution in [1.82, 2.24) is 9.97 Å². The lowest BCUT2D eigenvalue weighted by Gasteiger charge is -2.08. The molecule has 0 aliphatic heterocycles. The summed E-state index contributed by atoms with van der Waals surface area (Å²) in [5.74, 6) is 1.41. The molecule has 0 atom stereocenters. The van der Waals surface area contributed by atoms with Gasteiger partial charge in [0.2, 0.25) is 5.69 Å². The highest BCUT2D eigenvalue weighted by Gasteiger charge is 2.09. The molecular weight excluding hydrogens is 298 g/mol. The van der Waals surface area contributed by atoms with Crippen LogP contribution in [-0.2, 0) is 0 Å². The highest BCUT2D eigenvalue weighted by molar-refractivity contribution is 9.10. The zero-order chi connectivity index (χ0) is 13.0. The van der Waals surface area contributed by atoms with E-state index in [1.807, 2.05) is 6.07 Å². The van der Waals surface area contributed by atoms with Crippen molar-refractivity contribution in [1.29, 1.82) is 5.26 Å². The number of methoxy groups -OCH3 is 1. The van der Waals surface area contributed by atoms with Gasteiger partial charge in [-0.2, -0.15) is 5.26 Å². The molecule has 0 aliphatic rings. The number of benzene rings is 1. The van der Waals surface area contributed by atoms with Gasteiger partial charge in [0.1, 0.15) is 17.6 Å². The lowest BCUT2D eigenvalue weighted by atomic mass is 10.3. The Kier molecular flexibility index (Phi) is 3.75. The zero-order valence-electron chi connectivity index (χ0n) is 9.42. The molecule has 1 aromatic carbocycles. The van der Waals surface area contributed by atoms with E-state index < -0.39 is 0 Å². The van der Waals surface area contributed by atoms with E-state index >= 15 is 0 Å². The second-order valence-corrected chi connectivity index (χ2v) is 4.07. The van der Waals surface area contributed by atoms with E-state index in [0.29, 0.717) is 16.0 Å². The van der Waals surface area contributed by atoms with Gasteiger partial charge in [-0.3, -0.25) is 0 Å². The van der Waals surface area contributed by atoms with Gasteiger partial charge in [-0.05, 0) is 34.1 Å². The van der Waals surface area contributed by atoms with Crippen molar-refractivity contribution in [3.63, 3.8) is 0 Å². The highest BCUT2D eigenvalue weighted by atomic mass is 79.9. The van der Waals surface area contributed by atoms with Crippen LogP contribution in [0.5, 0.6) is 17.4 Å². The lowest BCUT2D eigenvalue weighted by Crippen LogP contribution is -1.94. The largest absolute Gasteiger partial charge is 0.497 e. The predicted molar refractivity (Wildman–Crippen MR) is 67.5 cm³/mol. The molecule has 0 amide bonds. The number of hydrogen-bond donors (Lipinski definition) is 0. The molecule has 0 fully saturated rings. The van der Waals surface area contributed by atoms with Gasteiger partial charge in [0, 0.05) is 12.4 Å². The molecule has 0 radical (unpaired) electrons. The predicted octanol–water partition coefficient (Wildman–Crippen LogP) is 2.91. The second-order valence-electron chi connectivity index (χ2n) is 3.22. The van der Waals surface area contributed by atoms with Crippen LogP contribution >= 0.6 is 15.9 Å². The first kappa shape index (κ1) is 12.3. The molecule has 5 nitrogen and oxygen atoms in total. The van der Waals surface area contributed by atoms with Crippen LogP contribution in [0.15, 0.2) is 35.1 Å². The molecule has 1 heterocycles. The third-order valence-corrected chi connectivity index (χ3v) is 2.74. The molecule has 0 N–H and O–H groups in total. The first-order valence-corrected chi connectivity index (χ1v) is 5.76. The van der Waals surface area contributed by atoms with Crippen molar-refractivity contribution in [2.45, 2.75) is 0 Å². The lowest BCUT2D eigenvalue weighted by molar-refractivity contribution is 0.411. The summed E-state index contributed by atoms with van der Waals surface area (Å²) in [5, 5.41) is 8.88. The maximum Gasteiger partial charge on any atom is 0.256 e. The smallest absolute Gasteiger partial charge is 0.256 e. The van der Waals surface area contributed by atoms with Gasteiger partial charge in [-0.15, -0.1) is 0 Å². The molecule has 0 saturated heterocycles. The second kappa shape index (κ2) is 5.47. The van der Waals surface area contributed by atoms with Crippen molar-refractivity contribution in [2.24, 2.45) is 0 Å². The number of nitrogens with zero attached hydrogens (tertiary/aromatic N) is 3. The fourth-order valence-electron chi connectivity index (χ4n) is 1.27. The summed E-state index contributed by atoms with van der Waals surface area (Å²) in [6, 6.07) is 7.15. The van der Waals surface area contributed by atoms with Crippen molar-refractivity contribution in [3.8, 4) is 23.4 Å². The Morgan fingerprint density at radius 2 is 2.06 bits per heavy atom. The number of rotatable bonds is 3. The van der Waals surface area contributed by atoms with E-state index in [-0.39, 0.29) is 11.6 Å². The molecule has 90 valence electrons. The molecule has 0 saturated carbocycles. The van der Waals surface area contributed by atoms with Gasteiger partial charge in [0.15, 0.2) is 0 Å². The van der Waals surface area contributed by atoms with Crippen LogP contribution in [0.4, 0.5) is 0 Å². The molecule has 6 heteroatoms. The molecule has 0 bridgehead atoms. The molecule has 18 heavy (non-hydrogen) atoms. The SMILES string of the molecule is COc1ccc(Oc2nccnc2C#N)c(Br)c1. The van der Waals surface area contributed by atoms with Crippen LogP contribution in [0.2, 0.25) is 0 Å². The van der Waals surface area contributed by atoms with E-state index in [9.17, 15) is 0 Å². The maximum atomic E-state index is 8.88. The van der Waals surface area contributed by atoms with E-state index in [1.165, 1.54) is 12.4 Å². The van der Waals surface area contributed by atoms with Gasteiger partial charge < -0.3 is 9.47 Å². The average Bonchev–Trinajstić information content (AvgIpc) is 2.41. The molecule has 0 spiro atoms. The summed E-state index contributed by atoms with van der Waals surface area (Å²) in [4.78, 5) is 7.84. The summed E-state index contributed by atoms with van der Waals surface area (Å²) in [6.45, 7) is 0. The van der Waals surface area contributed by atoms with Gasteiger partial charge >= 0.3 is 0 Å². The Hall–Kier alpha value is -2.13. The van der Waals surface area contributed by atoms with E-state index in [0.717, 1.165) is 0 Å². The van der Waals surface area contributed by atoms with Gasteiger partial charge in [0.25, 0.3) is 5.88 Å². The van der Waals surface area contributed by atoms with Gasteiger partial charge in [-0.25, -0.2) is 9.97 Å². The monoisotopic (exact) mass is 305 g/mol. The van der Waals surface area contributed by atoms with Crippen LogP contribution in [0, 0.1) is 11.3 Å². The van der Waals surface area contributed by atoms with Crippen molar-refractivity contribution in [2.75, 3.05) is 7.11 Å². The van der Waals surface area contributed by atoms with E-state index in [4.69, 9.17) is 14.7 Å². The molecular formula is C12H8BrN3O2.